The number of carbonyl (C=O) groups excluding carboxylic acids is 2. The molecule has 0 bridgehead atoms. The number of hydrogen-bond acceptors (Lipinski definition) is 4. The molecule has 1 atom stereocenters. The summed E-state index contributed by atoms with van der Waals surface area (Å²) < 4.78 is 68.6. The Morgan fingerprint density at radius 1 is 1.11 bits per heavy atom. The van der Waals surface area contributed by atoms with E-state index in [9.17, 15) is 31.5 Å². The van der Waals surface area contributed by atoms with Crippen molar-refractivity contribution >= 4 is 34.7 Å². The molecule has 0 radical (unpaired) electrons. The Morgan fingerprint density at radius 2 is 1.86 bits per heavy atom. The molecule has 2 aromatic carbocycles. The molecule has 0 aliphatic carbocycles. The van der Waals surface area contributed by atoms with Crippen LogP contribution >= 0.6 is 11.6 Å². The van der Waals surface area contributed by atoms with Gasteiger partial charge in [-0.25, -0.2) is 18.3 Å². The van der Waals surface area contributed by atoms with Gasteiger partial charge in [0.2, 0.25) is 0 Å². The Balaban J connectivity index is 1.67. The van der Waals surface area contributed by atoms with Gasteiger partial charge in [0.1, 0.15) is 23.2 Å². The zero-order chi connectivity index (χ0) is 25.9. The van der Waals surface area contributed by atoms with Gasteiger partial charge in [0.25, 0.3) is 11.8 Å². The number of nitrogens with one attached hydrogen (secondary N) is 2. The van der Waals surface area contributed by atoms with Crippen molar-refractivity contribution < 1.29 is 31.5 Å². The van der Waals surface area contributed by atoms with Gasteiger partial charge in [-0.3, -0.25) is 9.59 Å². The van der Waals surface area contributed by atoms with Gasteiger partial charge < -0.3 is 10.6 Å². The molecule has 1 aliphatic heterocycles. The van der Waals surface area contributed by atoms with Crippen LogP contribution in [-0.4, -0.2) is 26.4 Å². The molecule has 7 nitrogen and oxygen atoms in total. The largest absolute Gasteiger partial charge is 0.416 e. The fraction of sp³-hybridized carbons (Fsp3) is 0.130. The second-order valence-corrected chi connectivity index (χ2v) is 8.41. The minimum atomic E-state index is -4.88. The van der Waals surface area contributed by atoms with Gasteiger partial charge in [0, 0.05) is 27.8 Å². The quantitative estimate of drug-likeness (QED) is 0.368. The second-order valence-electron chi connectivity index (χ2n) is 8.00. The minimum Gasteiger partial charge on any atom is -0.340 e. The van der Waals surface area contributed by atoms with Gasteiger partial charge in [0.05, 0.1) is 17.3 Å². The van der Waals surface area contributed by atoms with Crippen LogP contribution in [0.25, 0.3) is 5.65 Å². The fourth-order valence-electron chi connectivity index (χ4n) is 4.07. The average molecular weight is 522 g/mol. The van der Waals surface area contributed by atoms with Crippen molar-refractivity contribution in [1.82, 2.24) is 19.9 Å². The third-order valence-electron chi connectivity index (χ3n) is 5.55. The zero-order valence-corrected chi connectivity index (χ0v) is 18.8. The highest BCUT2D eigenvalue weighted by molar-refractivity contribution is 6.31. The molecule has 0 saturated carbocycles. The molecule has 5 rings (SSSR count). The molecule has 2 N–H and O–H groups in total. The van der Waals surface area contributed by atoms with Gasteiger partial charge in [-0.1, -0.05) is 11.6 Å². The van der Waals surface area contributed by atoms with Crippen molar-refractivity contribution in [2.45, 2.75) is 19.1 Å². The van der Waals surface area contributed by atoms with Crippen LogP contribution < -0.4 is 10.6 Å². The van der Waals surface area contributed by atoms with E-state index < -0.39 is 46.8 Å². The van der Waals surface area contributed by atoms with Gasteiger partial charge in [0.15, 0.2) is 5.65 Å². The maximum Gasteiger partial charge on any atom is 0.416 e. The molecular weight excluding hydrogens is 509 g/mol. The predicted molar refractivity (Wildman–Crippen MR) is 118 cm³/mol. The van der Waals surface area contributed by atoms with E-state index >= 15 is 0 Å². The number of nitrogens with zero attached hydrogens (tertiary/aromatic N) is 3. The van der Waals surface area contributed by atoms with E-state index in [2.05, 4.69) is 20.7 Å². The van der Waals surface area contributed by atoms with Crippen molar-refractivity contribution in [3.8, 4) is 0 Å². The highest BCUT2D eigenvalue weighted by atomic mass is 35.5. The molecular formula is C23H13ClF5N5O2. The molecule has 184 valence electrons. The number of hydrogen-bond donors (Lipinski definition) is 2. The van der Waals surface area contributed by atoms with Crippen LogP contribution in [0.1, 0.15) is 49.4 Å². The lowest BCUT2D eigenvalue weighted by atomic mass is 9.98. The second kappa shape index (κ2) is 8.26. The first-order chi connectivity index (χ1) is 16.9. The summed E-state index contributed by atoms with van der Waals surface area (Å²) >= 11 is 6.26. The lowest BCUT2D eigenvalue weighted by Gasteiger charge is -2.18. The van der Waals surface area contributed by atoms with E-state index in [0.717, 1.165) is 12.1 Å². The standard InChI is InChI=1S/C23H13ClF5N5O2/c1-9-30-17-8-16(31-21(35)10-4-11(23(27,28)29)6-13(26)5-10)18-19(14-7-12(25)2-3-15(14)24)32-22(36)20(18)34(17)33-9/h2-8,19H,1H3,(H,31,35)(H,32,36). The summed E-state index contributed by atoms with van der Waals surface area (Å²) in [6.07, 6.45) is -4.88. The van der Waals surface area contributed by atoms with E-state index in [-0.39, 0.29) is 39.2 Å². The molecule has 3 heterocycles. The Labute approximate surface area is 203 Å². The highest BCUT2D eigenvalue weighted by Gasteiger charge is 2.38. The summed E-state index contributed by atoms with van der Waals surface area (Å²) in [6.45, 7) is 1.57. The molecule has 0 fully saturated rings. The molecule has 1 aliphatic rings. The summed E-state index contributed by atoms with van der Waals surface area (Å²) in [5, 5.41) is 9.39. The van der Waals surface area contributed by atoms with E-state index in [1.54, 1.807) is 6.92 Å². The number of benzene rings is 2. The number of pyridine rings is 1. The predicted octanol–water partition coefficient (Wildman–Crippen LogP) is 5.07. The maximum absolute atomic E-state index is 14.0. The molecule has 1 unspecified atom stereocenters. The van der Waals surface area contributed by atoms with Crippen molar-refractivity contribution in [3.63, 3.8) is 0 Å². The number of rotatable bonds is 3. The SMILES string of the molecule is Cc1nc2cc(NC(=O)c3cc(F)cc(C(F)(F)F)c3)c3c(n2n1)C(=O)NC3c1cc(F)ccc1Cl. The first kappa shape index (κ1) is 23.7. The van der Waals surface area contributed by atoms with Gasteiger partial charge in [-0.05, 0) is 43.3 Å². The highest BCUT2D eigenvalue weighted by Crippen LogP contribution is 2.40. The topological polar surface area (TPSA) is 88.4 Å². The molecule has 0 spiro atoms. The smallest absolute Gasteiger partial charge is 0.340 e. The van der Waals surface area contributed by atoms with Crippen molar-refractivity contribution in [2.75, 3.05) is 5.32 Å². The summed E-state index contributed by atoms with van der Waals surface area (Å²) in [7, 11) is 0. The number of alkyl halides is 3. The van der Waals surface area contributed by atoms with Crippen LogP contribution in [0, 0.1) is 18.6 Å². The Hall–Kier alpha value is -4.06. The number of carbonyl (C=O) groups is 2. The summed E-state index contributed by atoms with van der Waals surface area (Å²) in [5.74, 6) is -3.32. The average Bonchev–Trinajstić information content (AvgIpc) is 3.33. The fourth-order valence-corrected chi connectivity index (χ4v) is 4.30. The van der Waals surface area contributed by atoms with Gasteiger partial charge in [-0.2, -0.15) is 18.3 Å². The van der Waals surface area contributed by atoms with E-state index in [4.69, 9.17) is 11.6 Å². The first-order valence-electron chi connectivity index (χ1n) is 10.3. The van der Waals surface area contributed by atoms with Crippen molar-refractivity contribution in [1.29, 1.82) is 0 Å². The Kier molecular flexibility index (Phi) is 5.43. The Bertz CT molecular complexity index is 1580. The number of fused-ring (bicyclic) bond motifs is 3. The van der Waals surface area contributed by atoms with E-state index in [1.165, 1.54) is 16.6 Å². The lowest BCUT2D eigenvalue weighted by molar-refractivity contribution is -0.137. The van der Waals surface area contributed by atoms with Crippen LogP contribution in [-0.2, 0) is 6.18 Å². The van der Waals surface area contributed by atoms with E-state index in [0.29, 0.717) is 18.0 Å². The maximum atomic E-state index is 14.0. The molecule has 4 aromatic rings. The van der Waals surface area contributed by atoms with Gasteiger partial charge in [-0.15, -0.1) is 0 Å². The number of amides is 2. The zero-order valence-electron chi connectivity index (χ0n) is 18.0. The number of aryl methyl sites for hydroxylation is 1. The molecule has 2 aromatic heterocycles. The molecule has 0 saturated heterocycles. The van der Waals surface area contributed by atoms with Gasteiger partial charge >= 0.3 is 6.18 Å². The number of aromatic nitrogens is 3. The van der Waals surface area contributed by atoms with E-state index in [1.807, 2.05) is 0 Å². The third-order valence-corrected chi connectivity index (χ3v) is 5.90. The molecule has 2 amide bonds. The van der Waals surface area contributed by atoms with Crippen molar-refractivity contribution in [2.24, 2.45) is 0 Å². The number of anilines is 1. The number of halogens is 6. The monoisotopic (exact) mass is 521 g/mol. The van der Waals surface area contributed by atoms with Crippen LogP contribution in [0.15, 0.2) is 42.5 Å². The van der Waals surface area contributed by atoms with Crippen LogP contribution in [0.4, 0.5) is 27.6 Å². The van der Waals surface area contributed by atoms with Crippen LogP contribution in [0.3, 0.4) is 0 Å². The van der Waals surface area contributed by atoms with Crippen LogP contribution in [0.2, 0.25) is 5.02 Å². The summed E-state index contributed by atoms with van der Waals surface area (Å²) in [5.41, 5.74) is -1.57. The van der Waals surface area contributed by atoms with Crippen molar-refractivity contribution in [3.05, 3.63) is 92.9 Å². The molecule has 36 heavy (non-hydrogen) atoms. The summed E-state index contributed by atoms with van der Waals surface area (Å²) in [6, 6.07) is 5.24. The normalized spacial score (nSPS) is 15.2. The van der Waals surface area contributed by atoms with Crippen LogP contribution in [0.5, 0.6) is 0 Å². The lowest BCUT2D eigenvalue weighted by Crippen LogP contribution is -2.21. The summed E-state index contributed by atoms with van der Waals surface area (Å²) in [4.78, 5) is 30.1. The molecule has 13 heteroatoms. The Morgan fingerprint density at radius 3 is 2.58 bits per heavy atom. The minimum absolute atomic E-state index is 0.0311. The first-order valence-corrected chi connectivity index (χ1v) is 10.7. The third kappa shape index (κ3) is 4.02.